The maximum atomic E-state index is 12.0. The summed E-state index contributed by atoms with van der Waals surface area (Å²) in [6, 6.07) is 15.0. The van der Waals surface area contributed by atoms with Gasteiger partial charge in [0.2, 0.25) is 5.91 Å². The van der Waals surface area contributed by atoms with Crippen LogP contribution in [-0.2, 0) is 4.79 Å². The number of hydrogen-bond donors (Lipinski definition) is 1. The van der Waals surface area contributed by atoms with Crippen LogP contribution in [-0.4, -0.2) is 11.8 Å². The van der Waals surface area contributed by atoms with E-state index in [0.717, 1.165) is 11.1 Å². The fourth-order valence-corrected chi connectivity index (χ4v) is 2.20. The zero-order valence-corrected chi connectivity index (χ0v) is 12.9. The molecule has 0 saturated heterocycles. The number of hydrogen-bond acceptors (Lipinski definition) is 3. The van der Waals surface area contributed by atoms with Gasteiger partial charge in [-0.15, -0.1) is 0 Å². The first-order valence-corrected chi connectivity index (χ1v) is 6.80. The van der Waals surface area contributed by atoms with Gasteiger partial charge in [0.15, 0.2) is 23.0 Å². The molecule has 0 spiro atoms. The molecule has 0 aliphatic heterocycles. The number of carbonyl (C=O) groups excluding carboxylic acids is 2. The quantitative estimate of drug-likeness (QED) is 0.830. The molecule has 20 heavy (non-hydrogen) atoms. The SMILES string of the molecule is CC(=O)NC(=O)c1cc(-c2ccccc2)ccc1OI. The normalized spacial score (nSPS) is 9.90. The number of amides is 2. The molecular formula is C15H12INO3. The average Bonchev–Trinajstić information content (AvgIpc) is 2.46. The van der Waals surface area contributed by atoms with Crippen molar-refractivity contribution < 1.29 is 12.7 Å². The summed E-state index contributed by atoms with van der Waals surface area (Å²) in [5.74, 6) is -0.453. The van der Waals surface area contributed by atoms with Crippen molar-refractivity contribution in [2.45, 2.75) is 6.92 Å². The number of imide groups is 1. The predicted molar refractivity (Wildman–Crippen MR) is 84.7 cm³/mol. The Bertz CT molecular complexity index is 641. The van der Waals surface area contributed by atoms with Crippen LogP contribution in [0.1, 0.15) is 17.3 Å². The van der Waals surface area contributed by atoms with E-state index in [1.807, 2.05) is 36.4 Å². The Kier molecular flexibility index (Phi) is 4.73. The van der Waals surface area contributed by atoms with E-state index in [9.17, 15) is 9.59 Å². The second kappa shape index (κ2) is 6.51. The summed E-state index contributed by atoms with van der Waals surface area (Å²) < 4.78 is 5.14. The molecule has 0 fully saturated rings. The minimum Gasteiger partial charge on any atom is -0.427 e. The van der Waals surface area contributed by atoms with E-state index in [4.69, 9.17) is 3.07 Å². The minimum absolute atomic E-state index is 0.330. The lowest BCUT2D eigenvalue weighted by molar-refractivity contribution is -0.118. The molecule has 102 valence electrons. The average molecular weight is 381 g/mol. The summed E-state index contributed by atoms with van der Waals surface area (Å²) in [7, 11) is 0. The Morgan fingerprint density at radius 2 is 1.75 bits per heavy atom. The molecule has 0 bridgehead atoms. The van der Waals surface area contributed by atoms with Gasteiger partial charge in [-0.2, -0.15) is 0 Å². The van der Waals surface area contributed by atoms with Crippen LogP contribution in [0, 0.1) is 0 Å². The highest BCUT2D eigenvalue weighted by Gasteiger charge is 2.15. The zero-order valence-electron chi connectivity index (χ0n) is 10.7. The van der Waals surface area contributed by atoms with Crippen molar-refractivity contribution in [3.05, 3.63) is 54.1 Å². The maximum absolute atomic E-state index is 12.0. The van der Waals surface area contributed by atoms with Crippen molar-refractivity contribution in [3.8, 4) is 16.9 Å². The largest absolute Gasteiger partial charge is 0.427 e. The van der Waals surface area contributed by atoms with Gasteiger partial charge in [-0.25, -0.2) is 0 Å². The van der Waals surface area contributed by atoms with Crippen molar-refractivity contribution in [1.82, 2.24) is 5.32 Å². The Morgan fingerprint density at radius 1 is 1.05 bits per heavy atom. The van der Waals surface area contributed by atoms with Crippen molar-refractivity contribution in [2.24, 2.45) is 0 Å². The summed E-state index contributed by atoms with van der Waals surface area (Å²) in [6.07, 6.45) is 0. The molecular weight excluding hydrogens is 369 g/mol. The van der Waals surface area contributed by atoms with Gasteiger partial charge in [0, 0.05) is 6.92 Å². The molecule has 0 aliphatic carbocycles. The molecule has 0 heterocycles. The summed E-state index contributed by atoms with van der Waals surface area (Å²) in [5.41, 5.74) is 2.21. The molecule has 0 radical (unpaired) electrons. The molecule has 0 unspecified atom stereocenters. The Morgan fingerprint density at radius 3 is 2.35 bits per heavy atom. The maximum Gasteiger partial charge on any atom is 0.261 e. The van der Waals surface area contributed by atoms with Crippen LogP contribution in [0.2, 0.25) is 0 Å². The summed E-state index contributed by atoms with van der Waals surface area (Å²) in [5, 5.41) is 2.25. The molecule has 4 nitrogen and oxygen atoms in total. The fourth-order valence-electron chi connectivity index (χ4n) is 1.81. The Balaban J connectivity index is 2.44. The van der Waals surface area contributed by atoms with Gasteiger partial charge >= 0.3 is 0 Å². The first kappa shape index (κ1) is 14.5. The third-order valence-electron chi connectivity index (χ3n) is 2.70. The van der Waals surface area contributed by atoms with E-state index in [1.54, 1.807) is 35.1 Å². The van der Waals surface area contributed by atoms with Gasteiger partial charge < -0.3 is 3.07 Å². The molecule has 0 saturated carbocycles. The molecule has 2 rings (SSSR count). The molecule has 0 atom stereocenters. The smallest absolute Gasteiger partial charge is 0.261 e. The molecule has 0 aliphatic rings. The van der Waals surface area contributed by atoms with Crippen LogP contribution >= 0.6 is 23.0 Å². The lowest BCUT2D eigenvalue weighted by atomic mass is 10.0. The van der Waals surface area contributed by atoms with E-state index in [1.165, 1.54) is 6.92 Å². The highest BCUT2D eigenvalue weighted by atomic mass is 127. The van der Waals surface area contributed by atoms with Crippen LogP contribution in [0.3, 0.4) is 0 Å². The predicted octanol–water partition coefficient (Wildman–Crippen LogP) is 3.36. The molecule has 2 aromatic carbocycles. The zero-order chi connectivity index (χ0) is 14.5. The monoisotopic (exact) mass is 381 g/mol. The van der Waals surface area contributed by atoms with E-state index in [-0.39, 0.29) is 0 Å². The summed E-state index contributed by atoms with van der Waals surface area (Å²) in [4.78, 5) is 23.0. The summed E-state index contributed by atoms with van der Waals surface area (Å²) in [6.45, 7) is 1.30. The minimum atomic E-state index is -0.470. The number of nitrogens with one attached hydrogen (secondary N) is 1. The van der Waals surface area contributed by atoms with Crippen LogP contribution in [0.25, 0.3) is 11.1 Å². The van der Waals surface area contributed by atoms with Crippen LogP contribution in [0.5, 0.6) is 5.75 Å². The molecule has 1 N–H and O–H groups in total. The number of rotatable bonds is 3. The van der Waals surface area contributed by atoms with Crippen molar-refractivity contribution >= 4 is 34.8 Å². The lowest BCUT2D eigenvalue weighted by Gasteiger charge is -2.09. The van der Waals surface area contributed by atoms with Crippen LogP contribution < -0.4 is 8.38 Å². The Hall–Kier alpha value is -1.89. The first-order valence-electron chi connectivity index (χ1n) is 5.92. The molecule has 2 aromatic rings. The Labute approximate surface area is 130 Å². The fraction of sp³-hybridized carbons (Fsp3) is 0.0667. The molecule has 2 amide bonds. The van der Waals surface area contributed by atoms with Gasteiger partial charge in [0.05, 0.1) is 5.56 Å². The van der Waals surface area contributed by atoms with Crippen LogP contribution in [0.15, 0.2) is 48.5 Å². The van der Waals surface area contributed by atoms with Crippen molar-refractivity contribution in [1.29, 1.82) is 0 Å². The van der Waals surface area contributed by atoms with Crippen molar-refractivity contribution in [2.75, 3.05) is 0 Å². The number of benzene rings is 2. The number of carbonyl (C=O) groups is 2. The number of halogens is 1. The van der Waals surface area contributed by atoms with E-state index in [0.29, 0.717) is 11.3 Å². The topological polar surface area (TPSA) is 55.4 Å². The third-order valence-corrected chi connectivity index (χ3v) is 3.18. The van der Waals surface area contributed by atoms with Gasteiger partial charge in [0.1, 0.15) is 5.75 Å². The van der Waals surface area contributed by atoms with Gasteiger partial charge in [-0.05, 0) is 23.3 Å². The van der Waals surface area contributed by atoms with Gasteiger partial charge in [-0.3, -0.25) is 14.9 Å². The highest BCUT2D eigenvalue weighted by Crippen LogP contribution is 2.27. The second-order valence-corrected chi connectivity index (χ2v) is 4.60. The summed E-state index contributed by atoms with van der Waals surface area (Å²) >= 11 is 1.71. The van der Waals surface area contributed by atoms with E-state index < -0.39 is 11.8 Å². The highest BCUT2D eigenvalue weighted by molar-refractivity contribution is 14.1. The van der Waals surface area contributed by atoms with Gasteiger partial charge in [-0.1, -0.05) is 36.4 Å². The van der Waals surface area contributed by atoms with E-state index in [2.05, 4.69) is 5.32 Å². The standard InChI is InChI=1S/C15H12INO3/c1-10(18)17-15(19)13-9-12(7-8-14(13)20-16)11-5-3-2-4-6-11/h2-9H,1H3,(H,17,18,19). The molecule has 0 aromatic heterocycles. The van der Waals surface area contributed by atoms with Crippen LogP contribution in [0.4, 0.5) is 0 Å². The third kappa shape index (κ3) is 3.36. The van der Waals surface area contributed by atoms with Gasteiger partial charge in [0.25, 0.3) is 5.91 Å². The van der Waals surface area contributed by atoms with Crippen molar-refractivity contribution in [3.63, 3.8) is 0 Å². The van der Waals surface area contributed by atoms with E-state index >= 15 is 0 Å². The lowest BCUT2D eigenvalue weighted by Crippen LogP contribution is -2.28. The second-order valence-electron chi connectivity index (χ2n) is 4.16. The first-order chi connectivity index (χ1) is 9.61. The molecule has 5 heteroatoms.